The number of ether oxygens (including phenoxy) is 1. The van der Waals surface area contributed by atoms with Gasteiger partial charge in [-0.15, -0.1) is 0 Å². The van der Waals surface area contributed by atoms with Crippen LogP contribution in [0.2, 0.25) is 0 Å². The van der Waals surface area contributed by atoms with Crippen LogP contribution in [0.4, 0.5) is 13.2 Å². The molecular weight excluding hydrogens is 429 g/mol. The normalized spacial score (nSPS) is 15.5. The zero-order valence-corrected chi connectivity index (χ0v) is 16.6. The number of hydrogen-bond donors (Lipinski definition) is 1. The average molecular weight is 446 g/mol. The van der Waals surface area contributed by atoms with Crippen molar-refractivity contribution in [1.29, 1.82) is 0 Å². The molecule has 4 heterocycles. The molecule has 1 aromatic carbocycles. The molecule has 0 unspecified atom stereocenters. The van der Waals surface area contributed by atoms with E-state index in [1.807, 2.05) is 0 Å². The summed E-state index contributed by atoms with van der Waals surface area (Å²) in [5, 5.41) is 8.20. The van der Waals surface area contributed by atoms with E-state index < -0.39 is 12.1 Å². The Morgan fingerprint density at radius 1 is 1.16 bits per heavy atom. The molecule has 0 radical (unpaired) electrons. The zero-order valence-electron chi connectivity index (χ0n) is 16.6. The molecule has 0 amide bonds. The number of fused-ring (bicyclic) bond motifs is 1. The fourth-order valence-electron chi connectivity index (χ4n) is 3.78. The lowest BCUT2D eigenvalue weighted by molar-refractivity contribution is -0.159. The van der Waals surface area contributed by atoms with E-state index >= 15 is 0 Å². The lowest BCUT2D eigenvalue weighted by atomic mass is 10.0. The minimum atomic E-state index is -4.74. The Hall–Kier alpha value is -3.54. The summed E-state index contributed by atoms with van der Waals surface area (Å²) < 4.78 is 50.1. The van der Waals surface area contributed by atoms with Gasteiger partial charge in [0.2, 0.25) is 5.82 Å². The molecule has 32 heavy (non-hydrogen) atoms. The molecule has 0 atom stereocenters. The van der Waals surface area contributed by atoms with Crippen molar-refractivity contribution in [3.05, 3.63) is 58.1 Å². The number of H-pyrrole nitrogens is 1. The van der Waals surface area contributed by atoms with Crippen LogP contribution in [-0.2, 0) is 17.3 Å². The van der Waals surface area contributed by atoms with Crippen molar-refractivity contribution in [1.82, 2.24) is 29.9 Å². The monoisotopic (exact) mass is 446 g/mol. The van der Waals surface area contributed by atoms with Gasteiger partial charge >= 0.3 is 12.1 Å². The van der Waals surface area contributed by atoms with Gasteiger partial charge in [-0.2, -0.15) is 23.3 Å². The highest BCUT2D eigenvalue weighted by Crippen LogP contribution is 2.31. The van der Waals surface area contributed by atoms with E-state index in [2.05, 4.69) is 29.7 Å². The molecule has 0 saturated carbocycles. The van der Waals surface area contributed by atoms with Gasteiger partial charge in [-0.05, 0) is 18.4 Å². The van der Waals surface area contributed by atoms with E-state index in [0.29, 0.717) is 41.2 Å². The van der Waals surface area contributed by atoms with Crippen molar-refractivity contribution in [2.75, 3.05) is 13.2 Å². The molecule has 1 saturated heterocycles. The maximum Gasteiger partial charge on any atom is 0.471 e. The van der Waals surface area contributed by atoms with Crippen LogP contribution in [0.15, 0.2) is 39.8 Å². The Balaban J connectivity index is 1.51. The Labute approximate surface area is 178 Å². The van der Waals surface area contributed by atoms with Crippen LogP contribution in [0.5, 0.6) is 0 Å². The van der Waals surface area contributed by atoms with Crippen LogP contribution in [0.3, 0.4) is 0 Å². The van der Waals surface area contributed by atoms with E-state index in [4.69, 9.17) is 4.74 Å². The molecule has 0 aliphatic carbocycles. The summed E-state index contributed by atoms with van der Waals surface area (Å²) in [4.78, 5) is 23.4. The highest BCUT2D eigenvalue weighted by atomic mass is 19.4. The molecule has 166 valence electrons. The summed E-state index contributed by atoms with van der Waals surface area (Å²) in [6.07, 6.45) is -1.56. The summed E-state index contributed by atoms with van der Waals surface area (Å²) in [6, 6.07) is 6.76. The molecule has 1 fully saturated rings. The van der Waals surface area contributed by atoms with Crippen molar-refractivity contribution < 1.29 is 22.4 Å². The van der Waals surface area contributed by atoms with E-state index in [-0.39, 0.29) is 23.8 Å². The molecule has 3 aromatic heterocycles. The molecule has 1 aliphatic rings. The number of alkyl halides is 3. The SMILES string of the molecule is O=c1[nH]c(Cc2ccccc2-c2noc(C(F)(F)F)n2)nc2c1cnn2C1CCOCC1. The van der Waals surface area contributed by atoms with Gasteiger partial charge in [-0.1, -0.05) is 29.4 Å². The summed E-state index contributed by atoms with van der Waals surface area (Å²) in [5.41, 5.74) is 1.07. The van der Waals surface area contributed by atoms with Gasteiger partial charge < -0.3 is 14.2 Å². The minimum absolute atomic E-state index is 0.0795. The van der Waals surface area contributed by atoms with Crippen LogP contribution in [0.25, 0.3) is 22.4 Å². The zero-order chi connectivity index (χ0) is 22.3. The molecule has 1 N–H and O–H groups in total. The summed E-state index contributed by atoms with van der Waals surface area (Å²) in [7, 11) is 0. The van der Waals surface area contributed by atoms with Crippen LogP contribution in [0, 0.1) is 0 Å². The third-order valence-electron chi connectivity index (χ3n) is 5.33. The first-order chi connectivity index (χ1) is 15.4. The van der Waals surface area contributed by atoms with Crippen LogP contribution in [-0.4, -0.2) is 43.1 Å². The van der Waals surface area contributed by atoms with Gasteiger partial charge in [0.05, 0.1) is 12.2 Å². The third-order valence-corrected chi connectivity index (χ3v) is 5.33. The second-order valence-electron chi connectivity index (χ2n) is 7.44. The van der Waals surface area contributed by atoms with Crippen molar-refractivity contribution in [2.45, 2.75) is 31.5 Å². The van der Waals surface area contributed by atoms with Crippen molar-refractivity contribution in [2.24, 2.45) is 0 Å². The van der Waals surface area contributed by atoms with E-state index in [1.165, 1.54) is 6.20 Å². The Kier molecular flexibility index (Phi) is 5.00. The Bertz CT molecular complexity index is 1320. The number of halogens is 3. The second-order valence-corrected chi connectivity index (χ2v) is 7.44. The van der Waals surface area contributed by atoms with E-state index in [9.17, 15) is 18.0 Å². The highest BCUT2D eigenvalue weighted by Gasteiger charge is 2.38. The van der Waals surface area contributed by atoms with Gasteiger partial charge in [-0.25, -0.2) is 9.67 Å². The molecule has 5 rings (SSSR count). The predicted octanol–water partition coefficient (Wildman–Crippen LogP) is 3.13. The first-order valence-corrected chi connectivity index (χ1v) is 9.93. The number of aromatic amines is 1. The van der Waals surface area contributed by atoms with Crippen LogP contribution < -0.4 is 5.56 Å². The fraction of sp³-hybridized carbons (Fsp3) is 0.350. The molecule has 0 spiro atoms. The summed E-state index contributed by atoms with van der Waals surface area (Å²) in [6.45, 7) is 1.22. The van der Waals surface area contributed by atoms with Crippen LogP contribution >= 0.6 is 0 Å². The predicted molar refractivity (Wildman–Crippen MR) is 105 cm³/mol. The van der Waals surface area contributed by atoms with E-state index in [1.54, 1.807) is 28.9 Å². The molecule has 12 heteroatoms. The standard InChI is InChI=1S/C20H17F3N6O3/c21-20(22,23)19-27-16(28-32-19)13-4-2-1-3-11(13)9-15-25-17-14(18(30)26-15)10-24-29(17)12-5-7-31-8-6-12/h1-4,10,12H,5-9H2,(H,25,26,30). The topological polar surface area (TPSA) is 112 Å². The molecule has 1 aliphatic heterocycles. The maximum atomic E-state index is 12.9. The van der Waals surface area contributed by atoms with Gasteiger partial charge in [0.1, 0.15) is 11.2 Å². The molecule has 0 bridgehead atoms. The van der Waals surface area contributed by atoms with Crippen LogP contribution in [0.1, 0.15) is 36.2 Å². The largest absolute Gasteiger partial charge is 0.471 e. The quantitative estimate of drug-likeness (QED) is 0.513. The third kappa shape index (κ3) is 3.77. The fourth-order valence-corrected chi connectivity index (χ4v) is 3.78. The molecule has 9 nitrogen and oxygen atoms in total. The molecule has 4 aromatic rings. The first kappa shape index (κ1) is 20.4. The maximum absolute atomic E-state index is 12.9. The highest BCUT2D eigenvalue weighted by molar-refractivity contribution is 5.73. The minimum Gasteiger partial charge on any atom is -0.381 e. The number of nitrogens with zero attached hydrogens (tertiary/aromatic N) is 5. The lowest BCUT2D eigenvalue weighted by Gasteiger charge is -2.22. The van der Waals surface area contributed by atoms with Gasteiger partial charge in [0, 0.05) is 25.2 Å². The van der Waals surface area contributed by atoms with E-state index in [0.717, 1.165) is 12.8 Å². The molecular formula is C20H17F3N6O3. The van der Waals surface area contributed by atoms with Crippen molar-refractivity contribution in [3.8, 4) is 11.4 Å². The summed E-state index contributed by atoms with van der Waals surface area (Å²) >= 11 is 0. The van der Waals surface area contributed by atoms with Crippen molar-refractivity contribution in [3.63, 3.8) is 0 Å². The Morgan fingerprint density at radius 3 is 2.69 bits per heavy atom. The summed E-state index contributed by atoms with van der Waals surface area (Å²) in [5.74, 6) is -1.26. The van der Waals surface area contributed by atoms with Gasteiger partial charge in [0.25, 0.3) is 5.56 Å². The smallest absolute Gasteiger partial charge is 0.381 e. The second kappa shape index (κ2) is 7.86. The van der Waals surface area contributed by atoms with Crippen molar-refractivity contribution >= 4 is 11.0 Å². The number of benzene rings is 1. The number of rotatable bonds is 4. The number of hydrogen-bond acceptors (Lipinski definition) is 7. The van der Waals surface area contributed by atoms with Gasteiger partial charge in [-0.3, -0.25) is 4.79 Å². The lowest BCUT2D eigenvalue weighted by Crippen LogP contribution is -2.21. The Morgan fingerprint density at radius 2 is 1.94 bits per heavy atom. The number of nitrogens with one attached hydrogen (secondary N) is 1. The average Bonchev–Trinajstić information content (AvgIpc) is 3.43. The first-order valence-electron chi connectivity index (χ1n) is 9.93. The number of aromatic nitrogens is 6. The van der Waals surface area contributed by atoms with Gasteiger partial charge in [0.15, 0.2) is 5.65 Å².